The second-order valence-corrected chi connectivity index (χ2v) is 5.03. The summed E-state index contributed by atoms with van der Waals surface area (Å²) in [5.41, 5.74) is 0. The first-order valence-electron chi connectivity index (χ1n) is 5.88. The van der Waals surface area contributed by atoms with Gasteiger partial charge in [0, 0.05) is 0 Å². The summed E-state index contributed by atoms with van der Waals surface area (Å²) >= 11 is 0. The number of unbranched alkanes of at least 4 members (excludes halogenated alkanes) is 5. The molecule has 1 unspecified atom stereocenters. The zero-order chi connectivity index (χ0) is 10.6. The van der Waals surface area contributed by atoms with E-state index < -0.39 is 8.03 Å². The second-order valence-electron chi connectivity index (χ2n) is 3.66. The zero-order valence-electron chi connectivity index (χ0n) is 9.63. The van der Waals surface area contributed by atoms with E-state index in [-0.39, 0.29) is 0 Å². The molecule has 0 radical (unpaired) electrons. The molecule has 0 rings (SSSR count). The molecule has 1 atom stereocenters. The summed E-state index contributed by atoms with van der Waals surface area (Å²) in [6.07, 6.45) is 8.98. The van der Waals surface area contributed by atoms with Crippen LogP contribution in [0.25, 0.3) is 0 Å². The van der Waals surface area contributed by atoms with E-state index in [1.807, 2.05) is 0 Å². The average molecular weight is 219 g/mol. The van der Waals surface area contributed by atoms with Crippen molar-refractivity contribution in [2.45, 2.75) is 58.8 Å². The highest BCUT2D eigenvalue weighted by Crippen LogP contribution is 2.24. The Hall–Kier alpha value is 0.0600. The topological polar surface area (TPSA) is 26.3 Å². The van der Waals surface area contributed by atoms with E-state index in [0.717, 1.165) is 25.4 Å². The van der Waals surface area contributed by atoms with Gasteiger partial charge in [-0.3, -0.25) is 0 Å². The lowest BCUT2D eigenvalue weighted by molar-refractivity contribution is 0.320. The summed E-state index contributed by atoms with van der Waals surface area (Å²) in [6, 6.07) is 0. The Morgan fingerprint density at radius 3 is 2.21 bits per heavy atom. The second kappa shape index (κ2) is 11.1. The maximum absolute atomic E-state index is 11.3. The van der Waals surface area contributed by atoms with Gasteiger partial charge in [-0.05, 0) is 23.8 Å². The fraction of sp³-hybridized carbons (Fsp3) is 1.00. The van der Waals surface area contributed by atoms with Gasteiger partial charge in [-0.15, -0.1) is 4.52 Å². The van der Waals surface area contributed by atoms with Crippen LogP contribution in [0.3, 0.4) is 0 Å². The van der Waals surface area contributed by atoms with E-state index in [4.69, 9.17) is 4.52 Å². The highest BCUT2D eigenvalue weighted by atomic mass is 31.1. The van der Waals surface area contributed by atoms with Crippen LogP contribution in [-0.2, 0) is 9.09 Å². The molecule has 3 heteroatoms. The van der Waals surface area contributed by atoms with E-state index in [1.165, 1.54) is 25.7 Å². The van der Waals surface area contributed by atoms with Crippen LogP contribution in [0, 0.1) is 0 Å². The van der Waals surface area contributed by atoms with E-state index in [2.05, 4.69) is 13.8 Å². The minimum atomic E-state index is -1.36. The number of hydrogen-bond donors (Lipinski definition) is 0. The minimum absolute atomic E-state index is 0.667. The van der Waals surface area contributed by atoms with Gasteiger partial charge in [0.2, 0.25) is 0 Å². The first-order chi connectivity index (χ1) is 6.81. The highest BCUT2D eigenvalue weighted by Gasteiger charge is 2.15. The number of rotatable bonds is 10. The molecule has 0 N–H and O–H groups in total. The molecule has 84 valence electrons. The van der Waals surface area contributed by atoms with Crippen LogP contribution in [0.1, 0.15) is 58.8 Å². The van der Waals surface area contributed by atoms with Crippen molar-refractivity contribution in [3.05, 3.63) is 0 Å². The van der Waals surface area contributed by atoms with E-state index in [1.54, 1.807) is 0 Å². The molecule has 0 saturated carbocycles. The lowest BCUT2D eigenvalue weighted by Gasteiger charge is -1.94. The molecular weight excluding hydrogens is 195 g/mol. The molecule has 0 saturated heterocycles. The van der Waals surface area contributed by atoms with Crippen molar-refractivity contribution in [1.82, 2.24) is 0 Å². The van der Waals surface area contributed by atoms with Crippen molar-refractivity contribution in [3.63, 3.8) is 0 Å². The van der Waals surface area contributed by atoms with Crippen LogP contribution in [0.2, 0.25) is 0 Å². The maximum Gasteiger partial charge on any atom is 0.508 e. The molecule has 0 bridgehead atoms. The molecule has 0 aromatic heterocycles. The van der Waals surface area contributed by atoms with Crippen LogP contribution >= 0.6 is 8.03 Å². The van der Waals surface area contributed by atoms with Gasteiger partial charge in [0.05, 0.1) is 0 Å². The zero-order valence-corrected chi connectivity index (χ0v) is 10.5. The van der Waals surface area contributed by atoms with Crippen molar-refractivity contribution in [3.8, 4) is 0 Å². The lowest BCUT2D eigenvalue weighted by atomic mass is 10.2. The van der Waals surface area contributed by atoms with Gasteiger partial charge in [-0.25, -0.2) is 0 Å². The summed E-state index contributed by atoms with van der Waals surface area (Å²) in [4.78, 5) is 0. The van der Waals surface area contributed by atoms with Crippen molar-refractivity contribution < 1.29 is 9.09 Å². The Labute approximate surface area is 89.3 Å². The Morgan fingerprint density at radius 2 is 1.57 bits per heavy atom. The van der Waals surface area contributed by atoms with Crippen LogP contribution in [0.15, 0.2) is 0 Å². The van der Waals surface area contributed by atoms with Gasteiger partial charge in [-0.1, -0.05) is 39.5 Å². The van der Waals surface area contributed by atoms with Crippen molar-refractivity contribution in [2.24, 2.45) is 0 Å². The monoisotopic (exact) mass is 219 g/mol. The van der Waals surface area contributed by atoms with E-state index >= 15 is 0 Å². The predicted octanol–water partition coefficient (Wildman–Crippen LogP) is 4.52. The Morgan fingerprint density at radius 1 is 0.929 bits per heavy atom. The normalized spacial score (nSPS) is 11.7. The minimum Gasteiger partial charge on any atom is -0.146 e. The molecule has 0 aliphatic heterocycles. The SMILES string of the molecule is CCCCCCC[P+](=O)OCCCC. The van der Waals surface area contributed by atoms with Gasteiger partial charge < -0.3 is 0 Å². The van der Waals surface area contributed by atoms with Gasteiger partial charge >= 0.3 is 8.03 Å². The molecule has 0 heterocycles. The summed E-state index contributed by atoms with van der Waals surface area (Å²) in [5, 5.41) is 0. The molecule has 0 aliphatic rings. The fourth-order valence-corrected chi connectivity index (χ4v) is 2.16. The first-order valence-corrected chi connectivity index (χ1v) is 7.25. The number of hydrogen-bond acceptors (Lipinski definition) is 2. The van der Waals surface area contributed by atoms with Gasteiger partial charge in [0.1, 0.15) is 6.61 Å². The molecule has 0 aliphatic carbocycles. The predicted molar refractivity (Wildman–Crippen MR) is 62.1 cm³/mol. The summed E-state index contributed by atoms with van der Waals surface area (Å²) in [7, 11) is -1.36. The molecule has 0 amide bonds. The van der Waals surface area contributed by atoms with Crippen molar-refractivity contribution in [2.75, 3.05) is 12.8 Å². The van der Waals surface area contributed by atoms with Gasteiger partial charge in [-0.2, -0.15) is 0 Å². The Kier molecular flexibility index (Phi) is 11.2. The van der Waals surface area contributed by atoms with Crippen LogP contribution in [-0.4, -0.2) is 12.8 Å². The third kappa shape index (κ3) is 10.1. The molecule has 14 heavy (non-hydrogen) atoms. The average Bonchev–Trinajstić information content (AvgIpc) is 2.18. The van der Waals surface area contributed by atoms with Gasteiger partial charge in [0.25, 0.3) is 0 Å². The van der Waals surface area contributed by atoms with E-state index in [0.29, 0.717) is 6.61 Å². The fourth-order valence-electron chi connectivity index (χ4n) is 1.22. The van der Waals surface area contributed by atoms with Crippen LogP contribution in [0.4, 0.5) is 0 Å². The third-order valence-corrected chi connectivity index (χ3v) is 3.33. The maximum atomic E-state index is 11.3. The van der Waals surface area contributed by atoms with Crippen molar-refractivity contribution in [1.29, 1.82) is 0 Å². The molecule has 0 aromatic rings. The standard InChI is InChI=1S/C11H24O2P/c1-3-5-7-8-9-11-14(12)13-10-6-4-2/h3-11H2,1-2H3/q+1. The summed E-state index contributed by atoms with van der Waals surface area (Å²) < 4.78 is 16.5. The molecule has 0 aromatic carbocycles. The summed E-state index contributed by atoms with van der Waals surface area (Å²) in [5.74, 6) is 0. The quantitative estimate of drug-likeness (QED) is 0.399. The van der Waals surface area contributed by atoms with Gasteiger partial charge in [0.15, 0.2) is 6.16 Å². The molecule has 0 spiro atoms. The first kappa shape index (κ1) is 14.1. The van der Waals surface area contributed by atoms with E-state index in [9.17, 15) is 4.57 Å². The lowest BCUT2D eigenvalue weighted by Crippen LogP contribution is -1.88. The summed E-state index contributed by atoms with van der Waals surface area (Å²) in [6.45, 7) is 4.98. The molecule has 2 nitrogen and oxygen atoms in total. The van der Waals surface area contributed by atoms with Crippen LogP contribution < -0.4 is 0 Å². The smallest absolute Gasteiger partial charge is 0.146 e. The third-order valence-electron chi connectivity index (χ3n) is 2.18. The van der Waals surface area contributed by atoms with Crippen LogP contribution in [0.5, 0.6) is 0 Å². The van der Waals surface area contributed by atoms with Crippen molar-refractivity contribution >= 4 is 8.03 Å². The molecule has 0 fully saturated rings. The Balaban J connectivity index is 3.10. The molecular formula is C11H24O2P+. The Bertz CT molecular complexity index is 137. The largest absolute Gasteiger partial charge is 0.508 e. The highest BCUT2D eigenvalue weighted by molar-refractivity contribution is 7.39.